The number of carbonyl (C=O) groups is 1. The first-order valence-electron chi connectivity index (χ1n) is 10.8. The van der Waals surface area contributed by atoms with Gasteiger partial charge in [0.15, 0.2) is 0 Å². The molecule has 6 heteroatoms. The summed E-state index contributed by atoms with van der Waals surface area (Å²) in [7, 11) is 1.84. The molecule has 162 valence electrons. The predicted molar refractivity (Wildman–Crippen MR) is 119 cm³/mol. The van der Waals surface area contributed by atoms with Crippen LogP contribution < -0.4 is 0 Å². The van der Waals surface area contributed by atoms with Gasteiger partial charge in [-0.3, -0.25) is 9.69 Å². The fraction of sp³-hybridized carbons (Fsp3) is 0.360. The summed E-state index contributed by atoms with van der Waals surface area (Å²) in [5.41, 5.74) is 3.14. The molecule has 1 aliphatic rings. The molecule has 0 saturated carbocycles. The van der Waals surface area contributed by atoms with Gasteiger partial charge in [-0.25, -0.2) is 0 Å². The first kappa shape index (κ1) is 21.3. The molecule has 0 N–H and O–H groups in total. The van der Waals surface area contributed by atoms with Crippen molar-refractivity contribution in [2.75, 3.05) is 33.3 Å². The number of ether oxygens (including phenoxy) is 1. The molecule has 1 amide bonds. The number of morpholine rings is 1. The average Bonchev–Trinajstić information content (AvgIpc) is 3.29. The first-order valence-corrected chi connectivity index (χ1v) is 10.8. The van der Waals surface area contributed by atoms with Crippen LogP contribution in [0.2, 0.25) is 0 Å². The van der Waals surface area contributed by atoms with E-state index in [-0.39, 0.29) is 5.91 Å². The number of hydrogen-bond donors (Lipinski definition) is 0. The standard InChI is InChI=1S/C25H29N3O3/c1-27(14-8-13-22-17-23(26-31-22)21-11-6-3-7-12-21)25(29)24-19-28(15-16-30-24)18-20-9-4-2-5-10-20/h2-7,9-12,17,24H,8,13-16,18-19H2,1H3. The minimum absolute atomic E-state index is 0.0420. The van der Waals surface area contributed by atoms with Crippen molar-refractivity contribution in [1.82, 2.24) is 15.0 Å². The third-order valence-corrected chi connectivity index (χ3v) is 5.60. The van der Waals surface area contributed by atoms with Crippen molar-refractivity contribution in [1.29, 1.82) is 0 Å². The lowest BCUT2D eigenvalue weighted by atomic mass is 10.1. The molecule has 1 fully saturated rings. The highest BCUT2D eigenvalue weighted by atomic mass is 16.5. The summed E-state index contributed by atoms with van der Waals surface area (Å²) in [5.74, 6) is 0.878. The van der Waals surface area contributed by atoms with Gasteiger partial charge >= 0.3 is 0 Å². The second kappa shape index (κ2) is 10.4. The second-order valence-corrected chi connectivity index (χ2v) is 7.99. The van der Waals surface area contributed by atoms with E-state index in [4.69, 9.17) is 9.26 Å². The van der Waals surface area contributed by atoms with Crippen LogP contribution in [-0.4, -0.2) is 60.3 Å². The van der Waals surface area contributed by atoms with Crippen LogP contribution in [0.5, 0.6) is 0 Å². The van der Waals surface area contributed by atoms with Gasteiger partial charge in [-0.1, -0.05) is 65.8 Å². The molecule has 4 rings (SSSR count). The molecule has 1 atom stereocenters. The van der Waals surface area contributed by atoms with Crippen molar-refractivity contribution < 1.29 is 14.1 Å². The summed E-state index contributed by atoms with van der Waals surface area (Å²) in [6.07, 6.45) is 1.15. The molecule has 0 bridgehead atoms. The van der Waals surface area contributed by atoms with E-state index >= 15 is 0 Å². The maximum Gasteiger partial charge on any atom is 0.252 e. The van der Waals surface area contributed by atoms with Crippen LogP contribution in [-0.2, 0) is 22.5 Å². The van der Waals surface area contributed by atoms with Gasteiger partial charge in [-0.2, -0.15) is 0 Å². The highest BCUT2D eigenvalue weighted by molar-refractivity contribution is 5.81. The molecule has 3 aromatic rings. The zero-order valence-electron chi connectivity index (χ0n) is 17.9. The Kier molecular flexibility index (Phi) is 7.12. The van der Waals surface area contributed by atoms with Crippen LogP contribution in [0.1, 0.15) is 17.7 Å². The van der Waals surface area contributed by atoms with Gasteiger partial charge < -0.3 is 14.2 Å². The van der Waals surface area contributed by atoms with Gasteiger partial charge in [-0.15, -0.1) is 0 Å². The summed E-state index contributed by atoms with van der Waals surface area (Å²) in [5, 5.41) is 4.15. The zero-order valence-corrected chi connectivity index (χ0v) is 17.9. The van der Waals surface area contributed by atoms with Gasteiger partial charge in [0.2, 0.25) is 0 Å². The normalized spacial score (nSPS) is 16.9. The van der Waals surface area contributed by atoms with E-state index in [1.54, 1.807) is 4.90 Å². The van der Waals surface area contributed by atoms with Crippen molar-refractivity contribution in [3.8, 4) is 11.3 Å². The van der Waals surface area contributed by atoms with E-state index < -0.39 is 6.10 Å². The molecule has 0 radical (unpaired) electrons. The molecule has 1 unspecified atom stereocenters. The predicted octanol–water partition coefficient (Wildman–Crippen LogP) is 3.63. The molecule has 1 aromatic heterocycles. The SMILES string of the molecule is CN(CCCc1cc(-c2ccccc2)no1)C(=O)C1CN(Cc2ccccc2)CCO1. The van der Waals surface area contributed by atoms with E-state index in [0.717, 1.165) is 42.9 Å². The van der Waals surface area contributed by atoms with Crippen molar-refractivity contribution >= 4 is 5.91 Å². The number of nitrogens with zero attached hydrogens (tertiary/aromatic N) is 3. The van der Waals surface area contributed by atoms with Crippen molar-refractivity contribution in [2.45, 2.75) is 25.5 Å². The summed E-state index contributed by atoms with van der Waals surface area (Å²) < 4.78 is 11.2. The maximum atomic E-state index is 12.9. The van der Waals surface area contributed by atoms with Gasteiger partial charge in [-0.05, 0) is 12.0 Å². The fourth-order valence-corrected chi connectivity index (χ4v) is 3.86. The Labute approximate surface area is 183 Å². The van der Waals surface area contributed by atoms with E-state index in [0.29, 0.717) is 19.7 Å². The Hall–Kier alpha value is -2.96. The van der Waals surface area contributed by atoms with Gasteiger partial charge in [0.05, 0.1) is 6.61 Å². The smallest absolute Gasteiger partial charge is 0.252 e. The van der Waals surface area contributed by atoms with Gasteiger partial charge in [0.25, 0.3) is 5.91 Å². The Balaban J connectivity index is 1.23. The molecular formula is C25H29N3O3. The average molecular weight is 420 g/mol. The summed E-state index contributed by atoms with van der Waals surface area (Å²) >= 11 is 0. The fourth-order valence-electron chi connectivity index (χ4n) is 3.86. The largest absolute Gasteiger partial charge is 0.366 e. The maximum absolute atomic E-state index is 12.9. The number of hydrogen-bond acceptors (Lipinski definition) is 5. The zero-order chi connectivity index (χ0) is 21.5. The third kappa shape index (κ3) is 5.81. The highest BCUT2D eigenvalue weighted by Gasteiger charge is 2.28. The molecular weight excluding hydrogens is 390 g/mol. The van der Waals surface area contributed by atoms with Crippen LogP contribution in [0.3, 0.4) is 0 Å². The number of carbonyl (C=O) groups excluding carboxylic acids is 1. The van der Waals surface area contributed by atoms with E-state index in [2.05, 4.69) is 22.2 Å². The molecule has 0 spiro atoms. The number of rotatable bonds is 8. The summed E-state index contributed by atoms with van der Waals surface area (Å²) in [6, 6.07) is 22.3. The van der Waals surface area contributed by atoms with Gasteiger partial charge in [0.1, 0.15) is 17.6 Å². The lowest BCUT2D eigenvalue weighted by molar-refractivity contribution is -0.148. The second-order valence-electron chi connectivity index (χ2n) is 7.99. The van der Waals surface area contributed by atoms with E-state index in [1.165, 1.54) is 5.56 Å². The van der Waals surface area contributed by atoms with Crippen LogP contribution in [0, 0.1) is 0 Å². The number of amides is 1. The van der Waals surface area contributed by atoms with Crippen LogP contribution >= 0.6 is 0 Å². The van der Waals surface area contributed by atoms with Crippen LogP contribution in [0.4, 0.5) is 0 Å². The lowest BCUT2D eigenvalue weighted by Crippen LogP contribution is -2.50. The monoisotopic (exact) mass is 419 g/mol. The molecule has 1 saturated heterocycles. The third-order valence-electron chi connectivity index (χ3n) is 5.60. The Morgan fingerprint density at radius 2 is 1.87 bits per heavy atom. The van der Waals surface area contributed by atoms with Crippen molar-refractivity contribution in [3.05, 3.63) is 78.1 Å². The van der Waals surface area contributed by atoms with E-state index in [9.17, 15) is 4.79 Å². The summed E-state index contributed by atoms with van der Waals surface area (Å²) in [4.78, 5) is 16.9. The number of aryl methyl sites for hydroxylation is 1. The lowest BCUT2D eigenvalue weighted by Gasteiger charge is -2.34. The van der Waals surface area contributed by atoms with Crippen LogP contribution in [0.15, 0.2) is 71.3 Å². The Bertz CT molecular complexity index is 958. The molecule has 31 heavy (non-hydrogen) atoms. The minimum Gasteiger partial charge on any atom is -0.366 e. The first-order chi connectivity index (χ1) is 15.2. The van der Waals surface area contributed by atoms with Crippen LogP contribution in [0.25, 0.3) is 11.3 Å². The Morgan fingerprint density at radius 3 is 2.65 bits per heavy atom. The molecule has 6 nitrogen and oxygen atoms in total. The van der Waals surface area contributed by atoms with E-state index in [1.807, 2.05) is 61.6 Å². The topological polar surface area (TPSA) is 58.8 Å². The Morgan fingerprint density at radius 1 is 1.13 bits per heavy atom. The number of benzene rings is 2. The number of likely N-dealkylation sites (N-methyl/N-ethyl adjacent to an activating group) is 1. The van der Waals surface area contributed by atoms with Crippen molar-refractivity contribution in [3.63, 3.8) is 0 Å². The van der Waals surface area contributed by atoms with Gasteiger partial charge in [0, 0.05) is 51.3 Å². The highest BCUT2D eigenvalue weighted by Crippen LogP contribution is 2.19. The number of aromatic nitrogens is 1. The van der Waals surface area contributed by atoms with Crippen molar-refractivity contribution in [2.24, 2.45) is 0 Å². The molecule has 2 aromatic carbocycles. The quantitative estimate of drug-likeness (QED) is 0.558. The molecule has 2 heterocycles. The minimum atomic E-state index is -0.405. The molecule has 0 aliphatic carbocycles. The molecule has 1 aliphatic heterocycles. The summed E-state index contributed by atoms with van der Waals surface area (Å²) in [6.45, 7) is 3.54.